The van der Waals surface area contributed by atoms with Gasteiger partial charge in [-0.3, -0.25) is 4.90 Å². The van der Waals surface area contributed by atoms with E-state index >= 15 is 0 Å². The largest absolute Gasteiger partial charge is 0.445 e. The zero-order valence-electron chi connectivity index (χ0n) is 17.3. The van der Waals surface area contributed by atoms with E-state index in [0.717, 1.165) is 34.1 Å². The van der Waals surface area contributed by atoms with Crippen LogP contribution in [0.1, 0.15) is 34.0 Å². The van der Waals surface area contributed by atoms with Crippen LogP contribution in [0, 0.1) is 6.92 Å². The van der Waals surface area contributed by atoms with E-state index in [1.165, 1.54) is 11.1 Å². The third-order valence-corrected chi connectivity index (χ3v) is 6.16. The highest BCUT2D eigenvalue weighted by atomic mass is 35.5. The van der Waals surface area contributed by atoms with Gasteiger partial charge in [0.15, 0.2) is 0 Å². The SMILES string of the molecule is Cc1ccc(C2c3[nH]c4ccc(Cl)cc4c3CCN2C(=O)OCc2ccccc2)cc1. The molecule has 1 atom stereocenters. The molecule has 1 aromatic heterocycles. The fourth-order valence-electron chi connectivity index (χ4n) is 4.35. The summed E-state index contributed by atoms with van der Waals surface area (Å²) in [5.41, 5.74) is 6.49. The van der Waals surface area contributed by atoms with E-state index in [1.54, 1.807) is 0 Å². The minimum Gasteiger partial charge on any atom is -0.445 e. The van der Waals surface area contributed by atoms with Gasteiger partial charge < -0.3 is 9.72 Å². The molecule has 0 aliphatic carbocycles. The Kier molecular flexibility index (Phi) is 5.16. The molecule has 1 N–H and O–H groups in total. The second-order valence-electron chi connectivity index (χ2n) is 8.00. The number of H-pyrrole nitrogens is 1. The molecule has 0 saturated carbocycles. The number of halogens is 1. The second kappa shape index (κ2) is 8.12. The van der Waals surface area contributed by atoms with Gasteiger partial charge in [0.2, 0.25) is 0 Å². The van der Waals surface area contributed by atoms with Crippen molar-refractivity contribution in [2.45, 2.75) is 26.0 Å². The van der Waals surface area contributed by atoms with Crippen LogP contribution >= 0.6 is 11.6 Å². The lowest BCUT2D eigenvalue weighted by atomic mass is 9.92. The van der Waals surface area contributed by atoms with Gasteiger partial charge in [0, 0.05) is 28.2 Å². The smallest absolute Gasteiger partial charge is 0.410 e. The standard InChI is InChI=1S/C26H23ClN2O2/c1-17-7-9-19(10-8-17)25-24-21(22-15-20(27)11-12-23(22)28-24)13-14-29(25)26(30)31-16-18-5-3-2-4-6-18/h2-12,15,25,28H,13-14,16H2,1H3. The third-order valence-electron chi connectivity index (χ3n) is 5.92. The predicted molar refractivity (Wildman–Crippen MR) is 123 cm³/mol. The van der Waals surface area contributed by atoms with Crippen LogP contribution in [0.3, 0.4) is 0 Å². The number of rotatable bonds is 3. The molecule has 1 amide bonds. The molecule has 4 aromatic rings. The second-order valence-corrected chi connectivity index (χ2v) is 8.44. The zero-order chi connectivity index (χ0) is 21.4. The molecule has 0 fully saturated rings. The number of aryl methyl sites for hydroxylation is 1. The molecule has 0 saturated heterocycles. The Morgan fingerprint density at radius 3 is 2.65 bits per heavy atom. The van der Waals surface area contributed by atoms with Crippen molar-refractivity contribution in [2.75, 3.05) is 6.54 Å². The first-order valence-corrected chi connectivity index (χ1v) is 10.8. The maximum absolute atomic E-state index is 13.2. The Bertz CT molecular complexity index is 1230. The van der Waals surface area contributed by atoms with E-state index in [-0.39, 0.29) is 18.7 Å². The van der Waals surface area contributed by atoms with Crippen LogP contribution in [-0.4, -0.2) is 22.5 Å². The van der Waals surface area contributed by atoms with Crippen LogP contribution in [0.2, 0.25) is 5.02 Å². The molecule has 1 aliphatic heterocycles. The Morgan fingerprint density at radius 2 is 1.87 bits per heavy atom. The number of nitrogens with zero attached hydrogens (tertiary/aromatic N) is 1. The summed E-state index contributed by atoms with van der Waals surface area (Å²) in [6.07, 6.45) is 0.440. The molecule has 1 aliphatic rings. The first-order chi connectivity index (χ1) is 15.1. The number of ether oxygens (including phenoxy) is 1. The summed E-state index contributed by atoms with van der Waals surface area (Å²) < 4.78 is 5.70. The van der Waals surface area contributed by atoms with E-state index < -0.39 is 0 Å². The summed E-state index contributed by atoms with van der Waals surface area (Å²) >= 11 is 6.27. The molecule has 0 radical (unpaired) electrons. The summed E-state index contributed by atoms with van der Waals surface area (Å²) in [7, 11) is 0. The van der Waals surface area contributed by atoms with E-state index in [1.807, 2.05) is 53.4 Å². The maximum Gasteiger partial charge on any atom is 0.410 e. The van der Waals surface area contributed by atoms with Crippen LogP contribution in [0.5, 0.6) is 0 Å². The van der Waals surface area contributed by atoms with Gasteiger partial charge >= 0.3 is 6.09 Å². The van der Waals surface area contributed by atoms with Crippen molar-refractivity contribution in [3.05, 3.63) is 106 Å². The van der Waals surface area contributed by atoms with Gasteiger partial charge in [-0.15, -0.1) is 0 Å². The van der Waals surface area contributed by atoms with Gasteiger partial charge in [0.25, 0.3) is 0 Å². The lowest BCUT2D eigenvalue weighted by Gasteiger charge is -2.35. The highest BCUT2D eigenvalue weighted by Gasteiger charge is 2.35. The number of aromatic amines is 1. The van der Waals surface area contributed by atoms with Gasteiger partial charge in [-0.05, 0) is 48.2 Å². The summed E-state index contributed by atoms with van der Waals surface area (Å²) in [6.45, 7) is 2.90. The zero-order valence-corrected chi connectivity index (χ0v) is 18.0. The van der Waals surface area contributed by atoms with Gasteiger partial charge in [-0.25, -0.2) is 4.79 Å². The number of fused-ring (bicyclic) bond motifs is 3. The molecule has 2 heterocycles. The molecule has 0 spiro atoms. The van der Waals surface area contributed by atoms with Gasteiger partial charge in [0.1, 0.15) is 12.6 Å². The lowest BCUT2D eigenvalue weighted by Crippen LogP contribution is -2.40. The minimum absolute atomic E-state index is 0.237. The van der Waals surface area contributed by atoms with Crippen LogP contribution in [0.15, 0.2) is 72.8 Å². The monoisotopic (exact) mass is 430 g/mol. The van der Waals surface area contributed by atoms with Crippen LogP contribution in [0.25, 0.3) is 10.9 Å². The fraction of sp³-hybridized carbons (Fsp3) is 0.192. The van der Waals surface area contributed by atoms with E-state index in [0.29, 0.717) is 11.6 Å². The van der Waals surface area contributed by atoms with Crippen molar-refractivity contribution in [2.24, 2.45) is 0 Å². The average Bonchev–Trinajstić information content (AvgIpc) is 3.16. The van der Waals surface area contributed by atoms with E-state index in [2.05, 4.69) is 36.2 Å². The predicted octanol–water partition coefficient (Wildman–Crippen LogP) is 6.41. The number of hydrogen-bond donors (Lipinski definition) is 1. The number of carbonyl (C=O) groups is 1. The van der Waals surface area contributed by atoms with Gasteiger partial charge in [0.05, 0.1) is 0 Å². The molecule has 31 heavy (non-hydrogen) atoms. The Labute approximate surface area is 186 Å². The minimum atomic E-state index is -0.309. The number of carbonyl (C=O) groups excluding carboxylic acids is 1. The first kappa shape index (κ1) is 19.7. The molecule has 5 rings (SSSR count). The van der Waals surface area contributed by atoms with Gasteiger partial charge in [-0.2, -0.15) is 0 Å². The normalized spacial score (nSPS) is 15.7. The van der Waals surface area contributed by atoms with E-state index in [9.17, 15) is 4.79 Å². The third kappa shape index (κ3) is 3.79. The van der Waals surface area contributed by atoms with Crippen molar-refractivity contribution in [1.29, 1.82) is 0 Å². The van der Waals surface area contributed by atoms with Crippen molar-refractivity contribution in [3.8, 4) is 0 Å². The van der Waals surface area contributed by atoms with E-state index in [4.69, 9.17) is 16.3 Å². The Balaban J connectivity index is 1.52. The Hall–Kier alpha value is -3.24. The fourth-order valence-corrected chi connectivity index (χ4v) is 4.53. The molecule has 1 unspecified atom stereocenters. The van der Waals surface area contributed by atoms with Crippen molar-refractivity contribution in [3.63, 3.8) is 0 Å². The molecule has 5 heteroatoms. The average molecular weight is 431 g/mol. The number of benzene rings is 3. The summed E-state index contributed by atoms with van der Waals surface area (Å²) in [4.78, 5) is 18.6. The summed E-state index contributed by atoms with van der Waals surface area (Å²) in [5.74, 6) is 0. The first-order valence-electron chi connectivity index (χ1n) is 10.4. The highest BCUT2D eigenvalue weighted by Crippen LogP contribution is 2.39. The van der Waals surface area contributed by atoms with Crippen molar-refractivity contribution < 1.29 is 9.53 Å². The molecule has 0 bridgehead atoms. The molecule has 3 aromatic carbocycles. The molecule has 156 valence electrons. The maximum atomic E-state index is 13.2. The van der Waals surface area contributed by atoms with Crippen LogP contribution in [0.4, 0.5) is 4.79 Å². The number of amides is 1. The summed E-state index contributed by atoms with van der Waals surface area (Å²) in [6, 6.07) is 23.7. The molecular formula is C26H23ClN2O2. The van der Waals surface area contributed by atoms with Crippen LogP contribution < -0.4 is 0 Å². The quantitative estimate of drug-likeness (QED) is 0.408. The Morgan fingerprint density at radius 1 is 1.10 bits per heavy atom. The number of aromatic nitrogens is 1. The van der Waals surface area contributed by atoms with Crippen LogP contribution in [-0.2, 0) is 17.8 Å². The lowest BCUT2D eigenvalue weighted by molar-refractivity contribution is 0.0832. The molecule has 4 nitrogen and oxygen atoms in total. The molecular weight excluding hydrogens is 408 g/mol. The number of hydrogen-bond acceptors (Lipinski definition) is 2. The van der Waals surface area contributed by atoms with Gasteiger partial charge in [-0.1, -0.05) is 71.8 Å². The summed E-state index contributed by atoms with van der Waals surface area (Å²) in [5, 5.41) is 1.84. The van der Waals surface area contributed by atoms with Crippen molar-refractivity contribution in [1.82, 2.24) is 9.88 Å². The topological polar surface area (TPSA) is 45.3 Å². The highest BCUT2D eigenvalue weighted by molar-refractivity contribution is 6.31. The number of nitrogens with one attached hydrogen (secondary N) is 1. The van der Waals surface area contributed by atoms with Crippen molar-refractivity contribution >= 4 is 28.6 Å².